The Balaban J connectivity index is 3.30. The fourth-order valence-corrected chi connectivity index (χ4v) is 0.897. The average molecular weight is 200 g/mol. The molecule has 3 nitrogen and oxygen atoms in total. The molecule has 0 spiro atoms. The van der Waals surface area contributed by atoms with E-state index < -0.39 is 0 Å². The van der Waals surface area contributed by atoms with Gasteiger partial charge in [0, 0.05) is 19.1 Å². The average Bonchev–Trinajstić information content (AvgIpc) is 2.18. The second-order valence-electron chi connectivity index (χ2n) is 3.20. The van der Waals surface area contributed by atoms with E-state index in [1.54, 1.807) is 0 Å². The third kappa shape index (κ3) is 7.80. The molecule has 0 rings (SSSR count). The van der Waals surface area contributed by atoms with Gasteiger partial charge in [0.2, 0.25) is 0 Å². The molecular weight excluding hydrogens is 180 g/mol. The molecule has 3 heteroatoms. The fourth-order valence-electron chi connectivity index (χ4n) is 0.897. The van der Waals surface area contributed by atoms with Gasteiger partial charge >= 0.3 is 5.97 Å². The minimum atomic E-state index is -0.370. The van der Waals surface area contributed by atoms with E-state index in [-0.39, 0.29) is 12.1 Å². The monoisotopic (exact) mass is 200 g/mol. The van der Waals surface area contributed by atoms with Gasteiger partial charge in [-0.1, -0.05) is 19.9 Å². The molecule has 0 bridgehead atoms. The molecule has 0 saturated carbocycles. The van der Waals surface area contributed by atoms with E-state index in [9.17, 15) is 4.79 Å². The standard InChI is InChI=1S/C11H20O3/c1-4-6-8-13-10(3)7-9-14-11(12)5-2/h5,10H,2,4,6-9H2,1,3H3. The first-order valence-corrected chi connectivity index (χ1v) is 5.11. The van der Waals surface area contributed by atoms with Crippen LogP contribution < -0.4 is 0 Å². The Labute approximate surface area is 86.1 Å². The normalized spacial score (nSPS) is 12.1. The molecule has 0 N–H and O–H groups in total. The Kier molecular flexibility index (Phi) is 8.24. The summed E-state index contributed by atoms with van der Waals surface area (Å²) in [6.45, 7) is 8.61. The van der Waals surface area contributed by atoms with Gasteiger partial charge in [-0.25, -0.2) is 4.79 Å². The van der Waals surface area contributed by atoms with E-state index in [1.165, 1.54) is 6.08 Å². The van der Waals surface area contributed by atoms with Gasteiger partial charge in [-0.15, -0.1) is 0 Å². The van der Waals surface area contributed by atoms with Gasteiger partial charge in [0.15, 0.2) is 0 Å². The van der Waals surface area contributed by atoms with Crippen molar-refractivity contribution >= 4 is 5.97 Å². The van der Waals surface area contributed by atoms with Crippen LogP contribution in [-0.2, 0) is 14.3 Å². The van der Waals surface area contributed by atoms with Crippen LogP contribution in [0, 0.1) is 0 Å². The number of rotatable bonds is 8. The van der Waals surface area contributed by atoms with Gasteiger partial charge in [0.1, 0.15) is 0 Å². The van der Waals surface area contributed by atoms with E-state index >= 15 is 0 Å². The number of carbonyl (C=O) groups is 1. The highest BCUT2D eigenvalue weighted by molar-refractivity contribution is 5.81. The maximum Gasteiger partial charge on any atom is 0.330 e. The summed E-state index contributed by atoms with van der Waals surface area (Å²) in [4.78, 5) is 10.7. The molecule has 14 heavy (non-hydrogen) atoms. The topological polar surface area (TPSA) is 35.5 Å². The molecule has 0 heterocycles. The SMILES string of the molecule is C=CC(=O)OCCC(C)OCCCC. The summed E-state index contributed by atoms with van der Waals surface area (Å²) in [6.07, 6.45) is 4.28. The van der Waals surface area contributed by atoms with Crippen LogP contribution in [0.4, 0.5) is 0 Å². The Morgan fingerprint density at radius 1 is 1.50 bits per heavy atom. The Bertz CT molecular complexity index is 166. The number of hydrogen-bond acceptors (Lipinski definition) is 3. The lowest BCUT2D eigenvalue weighted by atomic mass is 10.3. The minimum Gasteiger partial charge on any atom is -0.462 e. The largest absolute Gasteiger partial charge is 0.462 e. The van der Waals surface area contributed by atoms with Crippen LogP contribution in [0.1, 0.15) is 33.1 Å². The second-order valence-corrected chi connectivity index (χ2v) is 3.20. The summed E-state index contributed by atoms with van der Waals surface area (Å²) in [6, 6.07) is 0. The maximum atomic E-state index is 10.7. The number of unbranched alkanes of at least 4 members (excludes halogenated alkanes) is 1. The summed E-state index contributed by atoms with van der Waals surface area (Å²) in [5, 5.41) is 0. The van der Waals surface area contributed by atoms with Crippen LogP contribution in [0.25, 0.3) is 0 Å². The molecular formula is C11H20O3. The third-order valence-corrected chi connectivity index (χ3v) is 1.84. The number of ether oxygens (including phenoxy) is 2. The van der Waals surface area contributed by atoms with E-state index in [2.05, 4.69) is 13.5 Å². The van der Waals surface area contributed by atoms with Crippen molar-refractivity contribution in [3.05, 3.63) is 12.7 Å². The Morgan fingerprint density at radius 3 is 2.79 bits per heavy atom. The van der Waals surface area contributed by atoms with Crippen molar-refractivity contribution in [1.29, 1.82) is 0 Å². The highest BCUT2D eigenvalue weighted by Gasteiger charge is 2.03. The smallest absolute Gasteiger partial charge is 0.330 e. The van der Waals surface area contributed by atoms with Crippen molar-refractivity contribution in [2.75, 3.05) is 13.2 Å². The first kappa shape index (κ1) is 13.2. The van der Waals surface area contributed by atoms with E-state index in [4.69, 9.17) is 9.47 Å². The summed E-state index contributed by atoms with van der Waals surface area (Å²) < 4.78 is 10.3. The highest BCUT2D eigenvalue weighted by Crippen LogP contribution is 2.00. The van der Waals surface area contributed by atoms with Crippen molar-refractivity contribution in [2.45, 2.75) is 39.2 Å². The number of carbonyl (C=O) groups excluding carboxylic acids is 1. The van der Waals surface area contributed by atoms with Crippen molar-refractivity contribution in [2.24, 2.45) is 0 Å². The van der Waals surface area contributed by atoms with E-state index in [1.807, 2.05) is 6.92 Å². The number of hydrogen-bond donors (Lipinski definition) is 0. The fraction of sp³-hybridized carbons (Fsp3) is 0.727. The molecule has 1 unspecified atom stereocenters. The van der Waals surface area contributed by atoms with Crippen LogP contribution in [0.15, 0.2) is 12.7 Å². The van der Waals surface area contributed by atoms with E-state index in [0.717, 1.165) is 25.9 Å². The van der Waals surface area contributed by atoms with Gasteiger partial charge < -0.3 is 9.47 Å². The lowest BCUT2D eigenvalue weighted by Gasteiger charge is -2.12. The Hall–Kier alpha value is -0.830. The van der Waals surface area contributed by atoms with Crippen LogP contribution in [0.3, 0.4) is 0 Å². The summed E-state index contributed by atoms with van der Waals surface area (Å²) in [5.74, 6) is -0.370. The van der Waals surface area contributed by atoms with Gasteiger partial charge in [-0.05, 0) is 13.3 Å². The lowest BCUT2D eigenvalue weighted by Crippen LogP contribution is -2.13. The molecule has 0 saturated heterocycles. The van der Waals surface area contributed by atoms with Crippen LogP contribution in [-0.4, -0.2) is 25.3 Å². The molecule has 0 radical (unpaired) electrons. The van der Waals surface area contributed by atoms with Crippen LogP contribution in [0.5, 0.6) is 0 Å². The van der Waals surface area contributed by atoms with Gasteiger partial charge in [-0.3, -0.25) is 0 Å². The first-order chi connectivity index (χ1) is 6.70. The van der Waals surface area contributed by atoms with Crippen molar-refractivity contribution < 1.29 is 14.3 Å². The summed E-state index contributed by atoms with van der Waals surface area (Å²) in [5.41, 5.74) is 0. The van der Waals surface area contributed by atoms with Crippen LogP contribution in [0.2, 0.25) is 0 Å². The highest BCUT2D eigenvalue weighted by atomic mass is 16.5. The molecule has 1 atom stereocenters. The van der Waals surface area contributed by atoms with E-state index in [0.29, 0.717) is 6.61 Å². The quantitative estimate of drug-likeness (QED) is 0.342. The summed E-state index contributed by atoms with van der Waals surface area (Å²) >= 11 is 0. The molecule has 0 aliphatic carbocycles. The molecule has 82 valence electrons. The van der Waals surface area contributed by atoms with Crippen molar-refractivity contribution in [1.82, 2.24) is 0 Å². The van der Waals surface area contributed by atoms with Crippen molar-refractivity contribution in [3.63, 3.8) is 0 Å². The Morgan fingerprint density at radius 2 is 2.21 bits per heavy atom. The molecule has 0 aromatic carbocycles. The molecule has 0 amide bonds. The lowest BCUT2D eigenvalue weighted by molar-refractivity contribution is -0.138. The van der Waals surface area contributed by atoms with Crippen molar-refractivity contribution in [3.8, 4) is 0 Å². The van der Waals surface area contributed by atoms with Gasteiger partial charge in [-0.2, -0.15) is 0 Å². The molecule has 0 aromatic rings. The molecule has 0 aromatic heterocycles. The first-order valence-electron chi connectivity index (χ1n) is 5.11. The molecule has 0 fully saturated rings. The number of esters is 1. The summed E-state index contributed by atoms with van der Waals surface area (Å²) in [7, 11) is 0. The molecule has 0 aliphatic rings. The zero-order chi connectivity index (χ0) is 10.8. The second kappa shape index (κ2) is 8.75. The van der Waals surface area contributed by atoms with Gasteiger partial charge in [0.25, 0.3) is 0 Å². The third-order valence-electron chi connectivity index (χ3n) is 1.84. The van der Waals surface area contributed by atoms with Gasteiger partial charge in [0.05, 0.1) is 12.7 Å². The maximum absolute atomic E-state index is 10.7. The predicted octanol–water partition coefficient (Wildman–Crippen LogP) is 2.31. The molecule has 0 aliphatic heterocycles. The predicted molar refractivity (Wildman–Crippen MR) is 56.1 cm³/mol. The minimum absolute atomic E-state index is 0.152. The zero-order valence-electron chi connectivity index (χ0n) is 9.12. The van der Waals surface area contributed by atoms with Crippen LogP contribution >= 0.6 is 0 Å². The zero-order valence-corrected chi connectivity index (χ0v) is 9.12.